The summed E-state index contributed by atoms with van der Waals surface area (Å²) in [6, 6.07) is 24.2. The Hall–Kier alpha value is -3.11. The van der Waals surface area contributed by atoms with Crippen molar-refractivity contribution < 1.29 is 4.79 Å². The molecule has 0 saturated heterocycles. The summed E-state index contributed by atoms with van der Waals surface area (Å²) in [6.45, 7) is 1.46. The zero-order valence-corrected chi connectivity index (χ0v) is 17.3. The largest absolute Gasteiger partial charge is 0.312 e. The second-order valence-corrected chi connectivity index (χ2v) is 8.06. The van der Waals surface area contributed by atoms with E-state index in [9.17, 15) is 4.79 Å². The molecule has 30 heavy (non-hydrogen) atoms. The average Bonchev–Trinajstić information content (AvgIpc) is 3.36. The minimum atomic E-state index is 0.183. The standard InChI is InChI=1S/C25H22ClN3O/c26-20-12-13-23-21(17-20)25(19-8-2-1-3-9-19)27-29(23)15-6-11-24(30)28-16-14-18-7-4-5-10-22(18)28/h1-5,7-10,12-13,17H,6,11,14-16H2. The van der Waals surface area contributed by atoms with Gasteiger partial charge in [-0.15, -0.1) is 0 Å². The van der Waals surface area contributed by atoms with Gasteiger partial charge >= 0.3 is 0 Å². The van der Waals surface area contributed by atoms with Gasteiger partial charge in [0.25, 0.3) is 0 Å². The number of aromatic nitrogens is 2. The highest BCUT2D eigenvalue weighted by Gasteiger charge is 2.23. The lowest BCUT2D eigenvalue weighted by atomic mass is 10.1. The summed E-state index contributed by atoms with van der Waals surface area (Å²) in [5, 5.41) is 6.60. The number of hydrogen-bond acceptors (Lipinski definition) is 2. The SMILES string of the molecule is O=C(CCCn1nc(-c2ccccc2)c2cc(Cl)ccc21)N1CCc2ccccc21. The Morgan fingerprint density at radius 1 is 1.00 bits per heavy atom. The number of anilines is 1. The lowest BCUT2D eigenvalue weighted by Gasteiger charge is -2.17. The van der Waals surface area contributed by atoms with Gasteiger partial charge in [0.1, 0.15) is 5.69 Å². The third kappa shape index (κ3) is 3.48. The van der Waals surface area contributed by atoms with Crippen molar-refractivity contribution in [2.45, 2.75) is 25.8 Å². The summed E-state index contributed by atoms with van der Waals surface area (Å²) in [5.74, 6) is 0.183. The summed E-state index contributed by atoms with van der Waals surface area (Å²) < 4.78 is 2.00. The van der Waals surface area contributed by atoms with E-state index in [1.54, 1.807) is 0 Å². The molecule has 1 amide bonds. The number of rotatable bonds is 5. The molecule has 4 aromatic rings. The molecule has 0 unspecified atom stereocenters. The Balaban J connectivity index is 1.34. The van der Waals surface area contributed by atoms with Gasteiger partial charge in [0.05, 0.1) is 5.52 Å². The maximum absolute atomic E-state index is 12.8. The van der Waals surface area contributed by atoms with Crippen LogP contribution in [0.3, 0.4) is 0 Å². The zero-order chi connectivity index (χ0) is 20.5. The second-order valence-electron chi connectivity index (χ2n) is 7.63. The molecule has 5 heteroatoms. The van der Waals surface area contributed by atoms with E-state index < -0.39 is 0 Å². The number of amides is 1. The van der Waals surface area contributed by atoms with Crippen molar-refractivity contribution in [3.8, 4) is 11.3 Å². The van der Waals surface area contributed by atoms with E-state index in [2.05, 4.69) is 18.2 Å². The summed E-state index contributed by atoms with van der Waals surface area (Å²) in [4.78, 5) is 14.7. The van der Waals surface area contributed by atoms with Crippen LogP contribution >= 0.6 is 11.6 Å². The molecule has 0 spiro atoms. The predicted octanol–water partition coefficient (Wildman–Crippen LogP) is 5.73. The summed E-state index contributed by atoms with van der Waals surface area (Å²) in [5.41, 5.74) is 5.35. The first-order valence-electron chi connectivity index (χ1n) is 10.3. The zero-order valence-electron chi connectivity index (χ0n) is 16.6. The number of carbonyl (C=O) groups excluding carboxylic acids is 1. The molecule has 3 aromatic carbocycles. The molecule has 150 valence electrons. The molecule has 1 aromatic heterocycles. The predicted molar refractivity (Wildman–Crippen MR) is 122 cm³/mol. The van der Waals surface area contributed by atoms with Gasteiger partial charge < -0.3 is 4.90 Å². The van der Waals surface area contributed by atoms with E-state index in [0.29, 0.717) is 18.0 Å². The monoisotopic (exact) mass is 415 g/mol. The highest BCUT2D eigenvalue weighted by atomic mass is 35.5. The molecule has 0 aliphatic carbocycles. The van der Waals surface area contributed by atoms with Crippen LogP contribution in [0.4, 0.5) is 5.69 Å². The van der Waals surface area contributed by atoms with Gasteiger partial charge in [-0.1, -0.05) is 60.1 Å². The normalized spacial score (nSPS) is 13.0. The van der Waals surface area contributed by atoms with Crippen molar-refractivity contribution in [2.75, 3.05) is 11.4 Å². The van der Waals surface area contributed by atoms with E-state index in [-0.39, 0.29) is 5.91 Å². The number of aryl methyl sites for hydroxylation is 1. The number of hydrogen-bond donors (Lipinski definition) is 0. The Morgan fingerprint density at radius 2 is 1.80 bits per heavy atom. The van der Waals surface area contributed by atoms with Crippen molar-refractivity contribution in [3.63, 3.8) is 0 Å². The fourth-order valence-electron chi connectivity index (χ4n) is 4.24. The van der Waals surface area contributed by atoms with Gasteiger partial charge in [0, 0.05) is 41.2 Å². The first kappa shape index (κ1) is 18.9. The fraction of sp³-hybridized carbons (Fsp3) is 0.200. The molecule has 0 radical (unpaired) electrons. The maximum Gasteiger partial charge on any atom is 0.227 e. The molecule has 0 atom stereocenters. The van der Waals surface area contributed by atoms with Gasteiger partial charge in [-0.25, -0.2) is 0 Å². The highest BCUT2D eigenvalue weighted by Crippen LogP contribution is 2.31. The van der Waals surface area contributed by atoms with Crippen molar-refractivity contribution in [2.24, 2.45) is 0 Å². The van der Waals surface area contributed by atoms with E-state index in [1.165, 1.54) is 5.56 Å². The van der Waals surface area contributed by atoms with E-state index in [0.717, 1.165) is 47.2 Å². The molecule has 0 bridgehead atoms. The Labute approximate surface area is 180 Å². The second kappa shape index (κ2) is 7.96. The first-order valence-corrected chi connectivity index (χ1v) is 10.7. The molecule has 4 nitrogen and oxygen atoms in total. The molecule has 1 aliphatic rings. The molecule has 0 N–H and O–H groups in total. The minimum absolute atomic E-state index is 0.183. The lowest BCUT2D eigenvalue weighted by Crippen LogP contribution is -2.28. The summed E-state index contributed by atoms with van der Waals surface area (Å²) in [6.07, 6.45) is 2.18. The van der Waals surface area contributed by atoms with Crippen LogP contribution in [-0.2, 0) is 17.8 Å². The third-order valence-electron chi connectivity index (χ3n) is 5.71. The van der Waals surface area contributed by atoms with Gasteiger partial charge in [0.15, 0.2) is 0 Å². The molecule has 1 aliphatic heterocycles. The Bertz CT molecular complexity index is 1220. The van der Waals surface area contributed by atoms with Crippen molar-refractivity contribution in [1.29, 1.82) is 0 Å². The van der Waals surface area contributed by atoms with Crippen LogP contribution in [-0.4, -0.2) is 22.2 Å². The van der Waals surface area contributed by atoms with Gasteiger partial charge in [-0.05, 0) is 42.7 Å². The summed E-state index contributed by atoms with van der Waals surface area (Å²) >= 11 is 6.26. The van der Waals surface area contributed by atoms with Crippen molar-refractivity contribution in [1.82, 2.24) is 9.78 Å². The van der Waals surface area contributed by atoms with Crippen molar-refractivity contribution >= 4 is 34.1 Å². The molecule has 0 fully saturated rings. The summed E-state index contributed by atoms with van der Waals surface area (Å²) in [7, 11) is 0. The smallest absolute Gasteiger partial charge is 0.227 e. The molecular formula is C25H22ClN3O. The number of carbonyl (C=O) groups is 1. The number of benzene rings is 3. The molecular weight excluding hydrogens is 394 g/mol. The molecule has 2 heterocycles. The Morgan fingerprint density at radius 3 is 2.67 bits per heavy atom. The number of halogens is 1. The Kier molecular flexibility index (Phi) is 5.01. The topological polar surface area (TPSA) is 38.1 Å². The highest BCUT2D eigenvalue weighted by molar-refractivity contribution is 6.31. The third-order valence-corrected chi connectivity index (χ3v) is 5.94. The number of para-hydroxylation sites is 1. The van der Waals surface area contributed by atoms with Crippen LogP contribution in [0.25, 0.3) is 22.2 Å². The van der Waals surface area contributed by atoms with E-state index >= 15 is 0 Å². The molecule has 5 rings (SSSR count). The van der Waals surface area contributed by atoms with E-state index in [1.807, 2.05) is 64.2 Å². The van der Waals surface area contributed by atoms with Crippen LogP contribution in [0, 0.1) is 0 Å². The van der Waals surface area contributed by atoms with Gasteiger partial charge in [-0.2, -0.15) is 5.10 Å². The van der Waals surface area contributed by atoms with Crippen LogP contribution in [0.5, 0.6) is 0 Å². The van der Waals surface area contributed by atoms with Gasteiger partial charge in [-0.3, -0.25) is 9.48 Å². The first-order chi connectivity index (χ1) is 14.7. The molecule has 0 saturated carbocycles. The van der Waals surface area contributed by atoms with Crippen molar-refractivity contribution in [3.05, 3.63) is 83.4 Å². The quantitative estimate of drug-likeness (QED) is 0.417. The number of nitrogens with zero attached hydrogens (tertiary/aromatic N) is 3. The van der Waals surface area contributed by atoms with Crippen LogP contribution in [0.1, 0.15) is 18.4 Å². The van der Waals surface area contributed by atoms with Crippen LogP contribution < -0.4 is 4.90 Å². The number of fused-ring (bicyclic) bond motifs is 2. The van der Waals surface area contributed by atoms with E-state index in [4.69, 9.17) is 16.7 Å². The average molecular weight is 416 g/mol. The fourth-order valence-corrected chi connectivity index (χ4v) is 4.42. The van der Waals surface area contributed by atoms with Crippen LogP contribution in [0.15, 0.2) is 72.8 Å². The van der Waals surface area contributed by atoms with Gasteiger partial charge in [0.2, 0.25) is 5.91 Å². The minimum Gasteiger partial charge on any atom is -0.312 e. The van der Waals surface area contributed by atoms with Crippen LogP contribution in [0.2, 0.25) is 5.02 Å². The lowest BCUT2D eigenvalue weighted by molar-refractivity contribution is -0.118. The maximum atomic E-state index is 12.8.